The van der Waals surface area contributed by atoms with Crippen LogP contribution in [0.2, 0.25) is 0 Å². The van der Waals surface area contributed by atoms with E-state index in [4.69, 9.17) is 0 Å². The Balaban J connectivity index is 1.78. The summed E-state index contributed by atoms with van der Waals surface area (Å²) >= 11 is 0. The van der Waals surface area contributed by atoms with Crippen LogP contribution in [-0.4, -0.2) is 51.5 Å². The Morgan fingerprint density at radius 1 is 0.667 bits per heavy atom. The fourth-order valence-corrected chi connectivity index (χ4v) is 1.97. The molecule has 2 fully saturated rings. The van der Waals surface area contributed by atoms with Gasteiger partial charge in [0.05, 0.1) is 0 Å². The second kappa shape index (κ2) is 6.98. The summed E-state index contributed by atoms with van der Waals surface area (Å²) in [6.07, 6.45) is -2.13. The van der Waals surface area contributed by atoms with Gasteiger partial charge in [-0.2, -0.15) is 0 Å². The summed E-state index contributed by atoms with van der Waals surface area (Å²) in [7, 11) is 0. The first-order valence-corrected chi connectivity index (χ1v) is 6.93. The van der Waals surface area contributed by atoms with Crippen LogP contribution in [0.15, 0.2) is 0 Å². The van der Waals surface area contributed by atoms with E-state index < -0.39 is 54.2 Å². The van der Waals surface area contributed by atoms with Gasteiger partial charge >= 0.3 is 11.9 Å². The molecule has 2 aliphatic rings. The van der Waals surface area contributed by atoms with Crippen LogP contribution >= 0.6 is 0 Å². The second-order valence-corrected chi connectivity index (χ2v) is 4.98. The number of ketones is 1. The number of imide groups is 2. The van der Waals surface area contributed by atoms with Gasteiger partial charge in [0.2, 0.25) is 0 Å². The Hall–Kier alpha value is -3.11. The smallest absolute Gasteiger partial charge is 0.330 e. The summed E-state index contributed by atoms with van der Waals surface area (Å²) in [5.74, 6) is -6.12. The molecule has 2 heterocycles. The van der Waals surface area contributed by atoms with E-state index in [2.05, 4.69) is 9.68 Å². The third kappa shape index (κ3) is 4.00. The predicted octanol–water partition coefficient (Wildman–Crippen LogP) is -1.45. The first-order chi connectivity index (χ1) is 11.3. The number of nitrogens with zero attached hydrogens (tertiary/aromatic N) is 2. The molecule has 0 aliphatic carbocycles. The molecule has 2 aliphatic heterocycles. The summed E-state index contributed by atoms with van der Waals surface area (Å²) < 4.78 is 0. The van der Waals surface area contributed by atoms with Crippen molar-refractivity contribution < 1.29 is 43.2 Å². The zero-order chi connectivity index (χ0) is 17.9. The fourth-order valence-electron chi connectivity index (χ4n) is 1.97. The lowest BCUT2D eigenvalue weighted by molar-refractivity contribution is -0.199. The molecule has 0 N–H and O–H groups in total. The zero-order valence-electron chi connectivity index (χ0n) is 12.3. The van der Waals surface area contributed by atoms with Crippen LogP contribution in [0, 0.1) is 0 Å². The highest BCUT2D eigenvalue weighted by molar-refractivity contribution is 6.06. The highest BCUT2D eigenvalue weighted by atomic mass is 16.7. The van der Waals surface area contributed by atoms with Gasteiger partial charge in [0.1, 0.15) is 12.8 Å². The van der Waals surface area contributed by atoms with Gasteiger partial charge in [-0.3, -0.25) is 24.0 Å². The number of hydrogen-bond donors (Lipinski definition) is 0. The van der Waals surface area contributed by atoms with Crippen molar-refractivity contribution in [1.82, 2.24) is 10.1 Å². The Labute approximate surface area is 134 Å². The maximum Gasteiger partial charge on any atom is 0.340 e. The fraction of sp³-hybridized carbons (Fsp3) is 0.462. The number of amides is 4. The van der Waals surface area contributed by atoms with E-state index in [-0.39, 0.29) is 35.8 Å². The van der Waals surface area contributed by atoms with Gasteiger partial charge in [0, 0.05) is 25.7 Å². The summed E-state index contributed by atoms with van der Waals surface area (Å²) in [6.45, 7) is 0. The lowest BCUT2D eigenvalue weighted by atomic mass is 10.2. The average Bonchev–Trinajstić information content (AvgIpc) is 2.97. The Bertz CT molecular complexity index is 568. The first kappa shape index (κ1) is 17.2. The van der Waals surface area contributed by atoms with Gasteiger partial charge in [0.25, 0.3) is 23.6 Å². The van der Waals surface area contributed by atoms with E-state index >= 15 is 0 Å². The highest BCUT2D eigenvalue weighted by Gasteiger charge is 2.35. The number of Topliss-reactive ketones (excluding diaryl/α,β-unsaturated/α-hetero) is 1. The normalized spacial score (nSPS) is 17.5. The van der Waals surface area contributed by atoms with Gasteiger partial charge in [-0.05, 0) is 0 Å². The average molecular weight is 340 g/mol. The molecule has 0 unspecified atom stereocenters. The number of carbonyl (C=O) groups excluding carboxylic acids is 7. The predicted molar refractivity (Wildman–Crippen MR) is 68.6 cm³/mol. The lowest BCUT2D eigenvalue weighted by Crippen LogP contribution is -2.34. The second-order valence-electron chi connectivity index (χ2n) is 4.98. The minimum atomic E-state index is -1.19. The largest absolute Gasteiger partial charge is 0.340 e. The van der Waals surface area contributed by atoms with Crippen LogP contribution in [-0.2, 0) is 43.2 Å². The third-order valence-corrected chi connectivity index (χ3v) is 3.08. The number of hydroxylamine groups is 4. The van der Waals surface area contributed by atoms with Crippen LogP contribution in [0.25, 0.3) is 0 Å². The van der Waals surface area contributed by atoms with Crippen LogP contribution in [0.1, 0.15) is 38.5 Å². The maximum absolute atomic E-state index is 11.6. The quantitative estimate of drug-likeness (QED) is 0.419. The van der Waals surface area contributed by atoms with Crippen LogP contribution in [0.5, 0.6) is 0 Å². The molecule has 11 nitrogen and oxygen atoms in total. The van der Waals surface area contributed by atoms with E-state index in [0.717, 1.165) is 0 Å². The number of hydrogen-bond acceptors (Lipinski definition) is 9. The SMILES string of the molecule is O=C(CC(=O)ON1C(=O)CCC1=O)CC(=O)ON1C(=O)CCC1=O. The minimum absolute atomic E-state index is 0.0930. The van der Waals surface area contributed by atoms with Gasteiger partial charge in [-0.25, -0.2) is 9.59 Å². The molecule has 2 saturated heterocycles. The zero-order valence-corrected chi connectivity index (χ0v) is 12.3. The standard InChI is InChI=1S/C13H12N2O9/c16-7(5-12(21)23-14-8(17)1-2-9(14)18)6-13(22)24-15-10(19)3-4-11(15)20/h1-6H2. The summed E-state index contributed by atoms with van der Waals surface area (Å²) in [6, 6.07) is 0. The molecular weight excluding hydrogens is 328 g/mol. The van der Waals surface area contributed by atoms with Crippen molar-refractivity contribution in [3.8, 4) is 0 Å². The molecule has 0 aromatic carbocycles. The van der Waals surface area contributed by atoms with Crippen LogP contribution < -0.4 is 0 Å². The molecule has 4 amide bonds. The van der Waals surface area contributed by atoms with Crippen molar-refractivity contribution in [2.24, 2.45) is 0 Å². The molecule has 0 saturated carbocycles. The molecule has 0 aromatic rings. The van der Waals surface area contributed by atoms with E-state index in [9.17, 15) is 33.6 Å². The van der Waals surface area contributed by atoms with E-state index in [0.29, 0.717) is 0 Å². The Kier molecular flexibility index (Phi) is 5.02. The lowest BCUT2D eigenvalue weighted by Gasteiger charge is -2.13. The van der Waals surface area contributed by atoms with Crippen molar-refractivity contribution in [1.29, 1.82) is 0 Å². The molecule has 128 valence electrons. The van der Waals surface area contributed by atoms with Gasteiger partial charge in [-0.15, -0.1) is 10.1 Å². The summed E-state index contributed by atoms with van der Waals surface area (Å²) in [5.41, 5.74) is 0. The van der Waals surface area contributed by atoms with Gasteiger partial charge in [-0.1, -0.05) is 0 Å². The summed E-state index contributed by atoms with van der Waals surface area (Å²) in [5, 5.41) is 0.547. The first-order valence-electron chi connectivity index (χ1n) is 6.93. The summed E-state index contributed by atoms with van der Waals surface area (Å²) in [4.78, 5) is 88.4. The van der Waals surface area contributed by atoms with E-state index in [1.807, 2.05) is 0 Å². The number of rotatable bonds is 6. The maximum atomic E-state index is 11.6. The molecule has 24 heavy (non-hydrogen) atoms. The van der Waals surface area contributed by atoms with Crippen molar-refractivity contribution >= 4 is 41.4 Å². The van der Waals surface area contributed by atoms with E-state index in [1.54, 1.807) is 0 Å². The molecule has 11 heteroatoms. The topological polar surface area (TPSA) is 144 Å². The number of carbonyl (C=O) groups is 7. The van der Waals surface area contributed by atoms with Gasteiger partial charge < -0.3 is 9.68 Å². The Morgan fingerprint density at radius 2 is 0.958 bits per heavy atom. The van der Waals surface area contributed by atoms with E-state index in [1.165, 1.54) is 0 Å². The molecule has 2 rings (SSSR count). The molecule has 0 aromatic heterocycles. The van der Waals surface area contributed by atoms with Gasteiger partial charge in [0.15, 0.2) is 5.78 Å². The monoisotopic (exact) mass is 340 g/mol. The minimum Gasteiger partial charge on any atom is -0.330 e. The molecule has 0 radical (unpaired) electrons. The highest BCUT2D eigenvalue weighted by Crippen LogP contribution is 2.14. The molecule has 0 bridgehead atoms. The van der Waals surface area contributed by atoms with Crippen LogP contribution in [0.3, 0.4) is 0 Å². The van der Waals surface area contributed by atoms with Crippen molar-refractivity contribution in [3.63, 3.8) is 0 Å². The van der Waals surface area contributed by atoms with Crippen molar-refractivity contribution in [2.75, 3.05) is 0 Å². The van der Waals surface area contributed by atoms with Crippen molar-refractivity contribution in [2.45, 2.75) is 38.5 Å². The van der Waals surface area contributed by atoms with Crippen LogP contribution in [0.4, 0.5) is 0 Å². The molecular formula is C13H12N2O9. The Morgan fingerprint density at radius 3 is 1.25 bits per heavy atom. The third-order valence-electron chi connectivity index (χ3n) is 3.08. The van der Waals surface area contributed by atoms with Crippen molar-refractivity contribution in [3.05, 3.63) is 0 Å². The molecule has 0 atom stereocenters. The molecule has 0 spiro atoms.